The van der Waals surface area contributed by atoms with Crippen LogP contribution in [0.1, 0.15) is 34.8 Å². The third-order valence-corrected chi connectivity index (χ3v) is 5.50. The molecule has 1 N–H and O–H groups in total. The summed E-state index contributed by atoms with van der Waals surface area (Å²) in [6.45, 7) is 2.79. The summed E-state index contributed by atoms with van der Waals surface area (Å²) in [4.78, 5) is 18.6. The Morgan fingerprint density at radius 3 is 3.00 bits per heavy atom. The number of rotatable bonds is 1. The number of nitrogens with zero attached hydrogens (tertiary/aromatic N) is 4. The van der Waals surface area contributed by atoms with Crippen molar-refractivity contribution in [1.29, 1.82) is 0 Å². The fraction of sp³-hybridized carbons (Fsp3) is 0.389. The molecule has 5 rings (SSSR count). The third-order valence-electron chi connectivity index (χ3n) is 5.50. The van der Waals surface area contributed by atoms with Crippen molar-refractivity contribution in [1.82, 2.24) is 24.6 Å². The summed E-state index contributed by atoms with van der Waals surface area (Å²) in [5.74, 6) is 2.10. The topological polar surface area (TPSA) is 66.8 Å². The summed E-state index contributed by atoms with van der Waals surface area (Å²) in [7, 11) is 0. The minimum atomic E-state index is 0.143. The molecule has 1 fully saturated rings. The molecule has 122 valence electrons. The largest absolute Gasteiger partial charge is 0.361 e. The number of hydrogen-bond acceptors (Lipinski definition) is 3. The molecule has 0 radical (unpaired) electrons. The number of aromatic amines is 1. The number of H-pyrrole nitrogens is 1. The number of carbonyl (C=O) groups is 1. The van der Waals surface area contributed by atoms with E-state index in [0.29, 0.717) is 0 Å². The molecule has 2 atom stereocenters. The van der Waals surface area contributed by atoms with Crippen molar-refractivity contribution in [3.05, 3.63) is 47.7 Å². The SMILES string of the molecule is Cc1nnc2n1C[C@H]1CC[C@@H](C2)N1C(=O)c1cccc2[nH]ccc12. The molecule has 1 aromatic carbocycles. The molecule has 2 aliphatic rings. The first-order valence-electron chi connectivity index (χ1n) is 8.50. The van der Waals surface area contributed by atoms with Crippen LogP contribution in [0.5, 0.6) is 0 Å². The molecule has 0 aliphatic carbocycles. The Morgan fingerprint density at radius 1 is 1.21 bits per heavy atom. The normalized spacial score (nSPS) is 22.6. The molecule has 24 heavy (non-hydrogen) atoms. The Labute approximate surface area is 139 Å². The van der Waals surface area contributed by atoms with Crippen LogP contribution in [0.25, 0.3) is 10.9 Å². The maximum Gasteiger partial charge on any atom is 0.255 e. The highest BCUT2D eigenvalue weighted by molar-refractivity contribution is 6.06. The van der Waals surface area contributed by atoms with Crippen LogP contribution in [0.15, 0.2) is 30.5 Å². The van der Waals surface area contributed by atoms with Crippen LogP contribution in [-0.2, 0) is 13.0 Å². The van der Waals surface area contributed by atoms with Crippen LogP contribution in [0.2, 0.25) is 0 Å². The van der Waals surface area contributed by atoms with E-state index in [9.17, 15) is 4.79 Å². The summed E-state index contributed by atoms with van der Waals surface area (Å²) >= 11 is 0. The second kappa shape index (κ2) is 4.93. The van der Waals surface area contributed by atoms with Gasteiger partial charge in [0.25, 0.3) is 5.91 Å². The predicted molar refractivity (Wildman–Crippen MR) is 89.7 cm³/mol. The van der Waals surface area contributed by atoms with Gasteiger partial charge in [-0.1, -0.05) is 6.07 Å². The molecule has 0 unspecified atom stereocenters. The highest BCUT2D eigenvalue weighted by Crippen LogP contribution is 2.33. The lowest BCUT2D eigenvalue weighted by molar-refractivity contribution is 0.0667. The van der Waals surface area contributed by atoms with Crippen LogP contribution in [0.4, 0.5) is 0 Å². The van der Waals surface area contributed by atoms with Crippen LogP contribution < -0.4 is 0 Å². The summed E-state index contributed by atoms with van der Waals surface area (Å²) in [6, 6.07) is 8.34. The zero-order valence-corrected chi connectivity index (χ0v) is 13.6. The molecule has 0 saturated carbocycles. The van der Waals surface area contributed by atoms with Gasteiger partial charge in [0.05, 0.1) is 6.04 Å². The molecule has 1 amide bonds. The molecule has 2 aliphatic heterocycles. The maximum atomic E-state index is 13.3. The van der Waals surface area contributed by atoms with E-state index in [2.05, 4.69) is 24.6 Å². The second-order valence-corrected chi connectivity index (χ2v) is 6.82. The van der Waals surface area contributed by atoms with E-state index in [-0.39, 0.29) is 18.0 Å². The molecule has 6 nitrogen and oxygen atoms in total. The zero-order chi connectivity index (χ0) is 16.3. The minimum Gasteiger partial charge on any atom is -0.361 e. The van der Waals surface area contributed by atoms with Gasteiger partial charge in [-0.25, -0.2) is 0 Å². The standard InChI is InChI=1S/C18H19N5O/c1-11-20-21-17-9-12-5-6-13(10-22(11)17)23(12)18(24)15-3-2-4-16-14(15)7-8-19-16/h2-4,7-8,12-13,19H,5-6,9-10H2,1H3/t12-,13+/m0/s1. The fourth-order valence-electron chi connectivity index (χ4n) is 4.32. The van der Waals surface area contributed by atoms with Crippen LogP contribution in [0.3, 0.4) is 0 Å². The van der Waals surface area contributed by atoms with Crippen LogP contribution >= 0.6 is 0 Å². The number of nitrogens with one attached hydrogen (secondary N) is 1. The number of carbonyl (C=O) groups excluding carboxylic acids is 1. The highest BCUT2D eigenvalue weighted by Gasteiger charge is 2.41. The Bertz CT molecular complexity index is 940. The zero-order valence-electron chi connectivity index (χ0n) is 13.6. The van der Waals surface area contributed by atoms with E-state index in [1.807, 2.05) is 37.4 Å². The van der Waals surface area contributed by atoms with E-state index in [1.54, 1.807) is 0 Å². The minimum absolute atomic E-state index is 0.143. The monoisotopic (exact) mass is 321 g/mol. The average Bonchev–Trinajstić information content (AvgIpc) is 3.25. The van der Waals surface area contributed by atoms with Gasteiger partial charge in [-0.2, -0.15) is 0 Å². The van der Waals surface area contributed by atoms with Crippen molar-refractivity contribution in [2.45, 2.75) is 44.8 Å². The Hall–Kier alpha value is -2.63. The first-order chi connectivity index (χ1) is 11.7. The molecule has 3 aromatic rings. The number of fused-ring (bicyclic) bond motifs is 4. The van der Waals surface area contributed by atoms with Crippen molar-refractivity contribution in [2.75, 3.05) is 0 Å². The van der Waals surface area contributed by atoms with Crippen LogP contribution in [0, 0.1) is 6.92 Å². The number of amides is 1. The van der Waals surface area contributed by atoms with E-state index >= 15 is 0 Å². The van der Waals surface area contributed by atoms with E-state index < -0.39 is 0 Å². The van der Waals surface area contributed by atoms with Gasteiger partial charge in [0.15, 0.2) is 0 Å². The summed E-state index contributed by atoms with van der Waals surface area (Å²) in [6.07, 6.45) is 4.79. The first kappa shape index (κ1) is 13.8. The van der Waals surface area contributed by atoms with Gasteiger partial charge >= 0.3 is 0 Å². The Balaban J connectivity index is 1.55. The van der Waals surface area contributed by atoms with Gasteiger partial charge in [0, 0.05) is 41.7 Å². The lowest BCUT2D eigenvalue weighted by atomic mass is 10.1. The summed E-state index contributed by atoms with van der Waals surface area (Å²) in [5.41, 5.74) is 1.80. The number of hydrogen-bond donors (Lipinski definition) is 1. The highest BCUT2D eigenvalue weighted by atomic mass is 16.2. The molecule has 4 heterocycles. The van der Waals surface area contributed by atoms with E-state index in [0.717, 1.165) is 53.9 Å². The van der Waals surface area contributed by atoms with Gasteiger partial charge in [0.1, 0.15) is 11.6 Å². The van der Waals surface area contributed by atoms with Crippen LogP contribution in [-0.4, -0.2) is 42.6 Å². The number of benzene rings is 1. The number of aryl methyl sites for hydroxylation is 1. The molecular formula is C18H19N5O. The molecular weight excluding hydrogens is 302 g/mol. The Morgan fingerprint density at radius 2 is 2.08 bits per heavy atom. The summed E-state index contributed by atoms with van der Waals surface area (Å²) in [5, 5.41) is 9.52. The van der Waals surface area contributed by atoms with Gasteiger partial charge in [-0.05, 0) is 38.0 Å². The lowest BCUT2D eigenvalue weighted by Crippen LogP contribution is -2.42. The Kier molecular flexibility index (Phi) is 2.83. The van der Waals surface area contributed by atoms with Crippen molar-refractivity contribution in [3.8, 4) is 0 Å². The van der Waals surface area contributed by atoms with Crippen molar-refractivity contribution < 1.29 is 4.79 Å². The molecule has 2 aromatic heterocycles. The molecule has 6 heteroatoms. The second-order valence-electron chi connectivity index (χ2n) is 6.82. The maximum absolute atomic E-state index is 13.3. The van der Waals surface area contributed by atoms with Gasteiger partial charge in [-0.3, -0.25) is 4.79 Å². The predicted octanol–water partition coefficient (Wildman–Crippen LogP) is 2.30. The van der Waals surface area contributed by atoms with Gasteiger partial charge in [0.2, 0.25) is 0 Å². The molecule has 2 bridgehead atoms. The third kappa shape index (κ3) is 1.85. The summed E-state index contributed by atoms with van der Waals surface area (Å²) < 4.78 is 2.18. The van der Waals surface area contributed by atoms with E-state index in [4.69, 9.17) is 0 Å². The van der Waals surface area contributed by atoms with Gasteiger partial charge in [-0.15, -0.1) is 10.2 Å². The van der Waals surface area contributed by atoms with Gasteiger partial charge < -0.3 is 14.5 Å². The van der Waals surface area contributed by atoms with Crippen molar-refractivity contribution >= 4 is 16.8 Å². The fourth-order valence-corrected chi connectivity index (χ4v) is 4.32. The van der Waals surface area contributed by atoms with Crippen molar-refractivity contribution in [3.63, 3.8) is 0 Å². The molecule has 0 spiro atoms. The number of aromatic nitrogens is 4. The lowest BCUT2D eigenvalue weighted by Gasteiger charge is -2.28. The van der Waals surface area contributed by atoms with Crippen molar-refractivity contribution in [2.24, 2.45) is 0 Å². The van der Waals surface area contributed by atoms with E-state index in [1.165, 1.54) is 0 Å². The quantitative estimate of drug-likeness (QED) is 0.748. The molecule has 1 saturated heterocycles. The first-order valence-corrected chi connectivity index (χ1v) is 8.50. The smallest absolute Gasteiger partial charge is 0.255 e. The average molecular weight is 321 g/mol.